The number of halogens is 1. The highest BCUT2D eigenvalue weighted by atomic mass is 79.9. The van der Waals surface area contributed by atoms with Crippen molar-refractivity contribution in [1.82, 2.24) is 5.32 Å². The topological polar surface area (TPSA) is 73.9 Å². The Morgan fingerprint density at radius 2 is 1.97 bits per heavy atom. The summed E-state index contributed by atoms with van der Waals surface area (Å²) < 4.78 is 17.3. The van der Waals surface area contributed by atoms with E-state index in [4.69, 9.17) is 14.2 Å². The van der Waals surface area contributed by atoms with Gasteiger partial charge < -0.3 is 19.5 Å². The second kappa shape index (κ2) is 7.76. The van der Waals surface area contributed by atoms with Gasteiger partial charge in [0.1, 0.15) is 0 Å². The number of ether oxygens (including phenoxy) is 3. The average molecular weight is 476 g/mol. The molecule has 0 spiro atoms. The van der Waals surface area contributed by atoms with E-state index in [0.717, 1.165) is 34.3 Å². The van der Waals surface area contributed by atoms with Gasteiger partial charge in [-0.05, 0) is 42.9 Å². The van der Waals surface area contributed by atoms with Crippen LogP contribution in [0, 0.1) is 5.41 Å². The van der Waals surface area contributed by atoms with Gasteiger partial charge in [-0.1, -0.05) is 36.7 Å². The number of nitrogens with one attached hydrogen (secondary N) is 1. The zero-order valence-corrected chi connectivity index (χ0v) is 19.3. The molecule has 0 aromatic heterocycles. The van der Waals surface area contributed by atoms with E-state index < -0.39 is 11.9 Å². The number of rotatable bonds is 4. The largest absolute Gasteiger partial charge is 0.462 e. The SMILES string of the molecule is CCCOC(=O)C1=C(C)NC2=C(C(=O)CC(C)(C)C2)[C@@H]1c1cc2c(cc1Br)OCO2. The van der Waals surface area contributed by atoms with Crippen molar-refractivity contribution in [2.75, 3.05) is 13.4 Å². The van der Waals surface area contributed by atoms with Crippen molar-refractivity contribution in [3.05, 3.63) is 44.7 Å². The maximum atomic E-state index is 13.3. The molecule has 0 bridgehead atoms. The lowest BCUT2D eigenvalue weighted by Gasteiger charge is -2.39. The summed E-state index contributed by atoms with van der Waals surface area (Å²) in [6.07, 6.45) is 1.90. The van der Waals surface area contributed by atoms with Crippen LogP contribution in [0.15, 0.2) is 39.1 Å². The molecule has 0 saturated heterocycles. The first-order chi connectivity index (χ1) is 14.2. The maximum Gasteiger partial charge on any atom is 0.336 e. The molecule has 4 rings (SSSR count). The molecule has 1 aromatic carbocycles. The van der Waals surface area contributed by atoms with Crippen molar-refractivity contribution >= 4 is 27.7 Å². The zero-order chi connectivity index (χ0) is 21.6. The fraction of sp³-hybridized carbons (Fsp3) is 0.478. The quantitative estimate of drug-likeness (QED) is 0.634. The molecule has 0 amide bonds. The number of benzene rings is 1. The number of ketones is 1. The lowest BCUT2D eigenvalue weighted by Crippen LogP contribution is -2.38. The second-order valence-corrected chi connectivity index (χ2v) is 9.65. The van der Waals surface area contributed by atoms with Crippen LogP contribution >= 0.6 is 15.9 Å². The first-order valence-electron chi connectivity index (χ1n) is 10.2. The normalized spacial score (nSPS) is 22.0. The molecule has 3 aliphatic rings. The first kappa shape index (κ1) is 21.0. The number of hydrogen-bond acceptors (Lipinski definition) is 6. The number of esters is 1. The lowest BCUT2D eigenvalue weighted by molar-refractivity contribution is -0.139. The number of carbonyl (C=O) groups excluding carboxylic acids is 2. The summed E-state index contributed by atoms with van der Waals surface area (Å²) in [4.78, 5) is 26.4. The fourth-order valence-corrected chi connectivity index (χ4v) is 5.00. The van der Waals surface area contributed by atoms with Crippen molar-refractivity contribution in [3.63, 3.8) is 0 Å². The summed E-state index contributed by atoms with van der Waals surface area (Å²) in [5.74, 6) is 0.368. The van der Waals surface area contributed by atoms with Gasteiger partial charge in [0.25, 0.3) is 0 Å². The minimum absolute atomic E-state index is 0.0524. The van der Waals surface area contributed by atoms with Crippen molar-refractivity contribution in [3.8, 4) is 11.5 Å². The third-order valence-electron chi connectivity index (χ3n) is 5.70. The highest BCUT2D eigenvalue weighted by Gasteiger charge is 2.44. The van der Waals surface area contributed by atoms with E-state index in [1.165, 1.54) is 0 Å². The standard InChI is InChI=1S/C23H26BrNO5/c1-5-6-28-22(27)19-12(2)25-15-9-23(3,4)10-16(26)21(15)20(19)13-7-17-18(8-14(13)24)30-11-29-17/h7-8,20,25H,5-6,9-11H2,1-4H3/t20-/m1/s1. The van der Waals surface area contributed by atoms with Gasteiger partial charge in [-0.2, -0.15) is 0 Å². The molecule has 160 valence electrons. The Labute approximate surface area is 184 Å². The van der Waals surface area contributed by atoms with E-state index in [9.17, 15) is 9.59 Å². The summed E-state index contributed by atoms with van der Waals surface area (Å²) >= 11 is 3.63. The maximum absolute atomic E-state index is 13.3. The molecule has 0 fully saturated rings. The van der Waals surface area contributed by atoms with Gasteiger partial charge in [0.15, 0.2) is 17.3 Å². The summed E-state index contributed by atoms with van der Waals surface area (Å²) in [5, 5.41) is 3.35. The van der Waals surface area contributed by atoms with Crippen LogP contribution in [-0.2, 0) is 14.3 Å². The Morgan fingerprint density at radius 3 is 2.67 bits per heavy atom. The van der Waals surface area contributed by atoms with Crippen LogP contribution in [0.2, 0.25) is 0 Å². The summed E-state index contributed by atoms with van der Waals surface area (Å²) in [6.45, 7) is 8.48. The molecular weight excluding hydrogens is 450 g/mol. The van der Waals surface area contributed by atoms with Crippen LogP contribution in [0.4, 0.5) is 0 Å². The number of Topliss-reactive ketones (excluding diaryl/α,β-unsaturated/α-hetero) is 1. The van der Waals surface area contributed by atoms with Crippen molar-refractivity contribution in [1.29, 1.82) is 0 Å². The summed E-state index contributed by atoms with van der Waals surface area (Å²) in [7, 11) is 0. The molecular formula is C23H26BrNO5. The second-order valence-electron chi connectivity index (χ2n) is 8.79. The van der Waals surface area contributed by atoms with Gasteiger partial charge in [0.05, 0.1) is 12.2 Å². The number of dihydropyridines is 1. The summed E-state index contributed by atoms with van der Waals surface area (Å²) in [6, 6.07) is 3.70. The third-order valence-corrected chi connectivity index (χ3v) is 6.39. The van der Waals surface area contributed by atoms with Gasteiger partial charge in [-0.3, -0.25) is 4.79 Å². The zero-order valence-electron chi connectivity index (χ0n) is 17.7. The van der Waals surface area contributed by atoms with Crippen molar-refractivity contribution in [2.24, 2.45) is 5.41 Å². The Balaban J connectivity index is 1.88. The van der Waals surface area contributed by atoms with Gasteiger partial charge in [0.2, 0.25) is 6.79 Å². The van der Waals surface area contributed by atoms with Crippen LogP contribution in [0.25, 0.3) is 0 Å². The Bertz CT molecular complexity index is 992. The first-order valence-corrected chi connectivity index (χ1v) is 11.0. The Morgan fingerprint density at radius 1 is 1.27 bits per heavy atom. The molecule has 0 radical (unpaired) electrons. The van der Waals surface area contributed by atoms with Crippen LogP contribution < -0.4 is 14.8 Å². The molecule has 1 aromatic rings. The van der Waals surface area contributed by atoms with Crippen molar-refractivity contribution in [2.45, 2.75) is 52.9 Å². The van der Waals surface area contributed by atoms with Gasteiger partial charge in [-0.15, -0.1) is 0 Å². The fourth-order valence-electron chi connectivity index (χ4n) is 4.44. The van der Waals surface area contributed by atoms with E-state index in [1.807, 2.05) is 26.0 Å². The summed E-state index contributed by atoms with van der Waals surface area (Å²) in [5.41, 5.74) is 3.37. The average Bonchev–Trinajstić information content (AvgIpc) is 3.10. The molecule has 7 heteroatoms. The predicted octanol–water partition coefficient (Wildman–Crippen LogP) is 4.74. The van der Waals surface area contributed by atoms with Crippen LogP contribution in [0.5, 0.6) is 11.5 Å². The molecule has 1 N–H and O–H groups in total. The third kappa shape index (κ3) is 3.64. The van der Waals surface area contributed by atoms with Crippen LogP contribution in [0.1, 0.15) is 58.4 Å². The minimum Gasteiger partial charge on any atom is -0.462 e. The molecule has 1 atom stereocenters. The van der Waals surface area contributed by atoms with E-state index in [0.29, 0.717) is 35.7 Å². The molecule has 1 aliphatic carbocycles. The molecule has 2 aliphatic heterocycles. The van der Waals surface area contributed by atoms with Gasteiger partial charge >= 0.3 is 5.97 Å². The molecule has 0 unspecified atom stereocenters. The molecule has 30 heavy (non-hydrogen) atoms. The lowest BCUT2D eigenvalue weighted by atomic mass is 9.68. The monoisotopic (exact) mass is 475 g/mol. The van der Waals surface area contributed by atoms with Gasteiger partial charge in [0, 0.05) is 33.8 Å². The smallest absolute Gasteiger partial charge is 0.336 e. The van der Waals surface area contributed by atoms with Crippen LogP contribution in [0.3, 0.4) is 0 Å². The Kier molecular flexibility index (Phi) is 5.43. The molecule has 0 saturated carbocycles. The number of hydrogen-bond donors (Lipinski definition) is 1. The van der Waals surface area contributed by atoms with Gasteiger partial charge in [-0.25, -0.2) is 4.79 Å². The number of carbonyl (C=O) groups is 2. The number of fused-ring (bicyclic) bond motifs is 1. The Hall–Kier alpha value is -2.28. The van der Waals surface area contributed by atoms with E-state index in [1.54, 1.807) is 0 Å². The predicted molar refractivity (Wildman–Crippen MR) is 115 cm³/mol. The van der Waals surface area contributed by atoms with Crippen LogP contribution in [-0.4, -0.2) is 25.2 Å². The molecule has 2 heterocycles. The highest BCUT2D eigenvalue weighted by Crippen LogP contribution is 2.50. The van der Waals surface area contributed by atoms with Crippen molar-refractivity contribution < 1.29 is 23.8 Å². The number of allylic oxidation sites excluding steroid dienone is 3. The minimum atomic E-state index is -0.530. The highest BCUT2D eigenvalue weighted by molar-refractivity contribution is 9.10. The molecule has 6 nitrogen and oxygen atoms in total. The van der Waals surface area contributed by atoms with E-state index >= 15 is 0 Å². The van der Waals surface area contributed by atoms with E-state index in [-0.39, 0.29) is 18.0 Å². The van der Waals surface area contributed by atoms with E-state index in [2.05, 4.69) is 35.1 Å².